The molecule has 1 aromatic heterocycles. The van der Waals surface area contributed by atoms with Gasteiger partial charge in [-0.25, -0.2) is 0 Å². The highest BCUT2D eigenvalue weighted by Gasteiger charge is 2.11. The molecule has 0 aliphatic carbocycles. The van der Waals surface area contributed by atoms with Crippen LogP contribution in [0.4, 0.5) is 5.00 Å². The lowest BCUT2D eigenvalue weighted by Crippen LogP contribution is -2.07. The predicted molar refractivity (Wildman–Crippen MR) is 59.3 cm³/mol. The van der Waals surface area contributed by atoms with Gasteiger partial charge in [-0.3, -0.25) is 4.79 Å². The van der Waals surface area contributed by atoms with Crippen molar-refractivity contribution in [3.63, 3.8) is 0 Å². The van der Waals surface area contributed by atoms with Crippen LogP contribution in [0.3, 0.4) is 0 Å². The highest BCUT2D eigenvalue weighted by Crippen LogP contribution is 2.31. The quantitative estimate of drug-likeness (QED) is 0.821. The molecule has 5 heteroatoms. The van der Waals surface area contributed by atoms with Crippen LogP contribution in [0, 0.1) is 25.2 Å². The van der Waals surface area contributed by atoms with Crippen molar-refractivity contribution in [3.05, 3.63) is 16.0 Å². The summed E-state index contributed by atoms with van der Waals surface area (Å²) in [6.45, 7) is 4.19. The number of carbonyl (C=O) groups is 1. The summed E-state index contributed by atoms with van der Waals surface area (Å²) in [7, 11) is 0. The van der Waals surface area contributed by atoms with Crippen molar-refractivity contribution < 1.29 is 9.90 Å². The maximum atomic E-state index is 10.3. The summed E-state index contributed by atoms with van der Waals surface area (Å²) in [5.41, 5.74) is 1.60. The summed E-state index contributed by atoms with van der Waals surface area (Å²) in [6, 6.07) is 2.12. The maximum absolute atomic E-state index is 10.3. The van der Waals surface area contributed by atoms with Gasteiger partial charge >= 0.3 is 5.97 Å². The van der Waals surface area contributed by atoms with Crippen LogP contribution in [0.25, 0.3) is 0 Å². The standard InChI is InChI=1S/C10H12N2O2S/c1-6-7(2)15-10(8(6)5-11)12-4-3-9(13)14/h12H,3-4H2,1-2H3,(H,13,14). The van der Waals surface area contributed by atoms with Crippen LogP contribution in [0.2, 0.25) is 0 Å². The van der Waals surface area contributed by atoms with Crippen molar-refractivity contribution in [2.75, 3.05) is 11.9 Å². The molecule has 0 radical (unpaired) electrons. The zero-order chi connectivity index (χ0) is 11.4. The molecule has 1 rings (SSSR count). The van der Waals surface area contributed by atoms with Crippen molar-refractivity contribution in [2.45, 2.75) is 20.3 Å². The second kappa shape index (κ2) is 4.80. The van der Waals surface area contributed by atoms with Gasteiger partial charge in [-0.1, -0.05) is 0 Å². The van der Waals surface area contributed by atoms with Gasteiger partial charge in [0.1, 0.15) is 11.1 Å². The number of nitriles is 1. The third-order valence-corrected chi connectivity index (χ3v) is 3.29. The number of nitrogens with one attached hydrogen (secondary N) is 1. The molecule has 0 aliphatic rings. The first-order valence-electron chi connectivity index (χ1n) is 4.52. The Labute approximate surface area is 92.2 Å². The number of hydrogen-bond donors (Lipinski definition) is 2. The lowest BCUT2D eigenvalue weighted by molar-refractivity contribution is -0.136. The minimum atomic E-state index is -0.842. The molecule has 0 spiro atoms. The van der Waals surface area contributed by atoms with Gasteiger partial charge in [-0.2, -0.15) is 5.26 Å². The van der Waals surface area contributed by atoms with Crippen LogP contribution in [0.5, 0.6) is 0 Å². The molecule has 0 aromatic carbocycles. The van der Waals surface area contributed by atoms with Gasteiger partial charge in [-0.15, -0.1) is 11.3 Å². The van der Waals surface area contributed by atoms with Crippen molar-refractivity contribution in [1.82, 2.24) is 0 Å². The van der Waals surface area contributed by atoms with Crippen molar-refractivity contribution in [2.24, 2.45) is 0 Å². The molecule has 15 heavy (non-hydrogen) atoms. The van der Waals surface area contributed by atoms with Crippen LogP contribution in [0.15, 0.2) is 0 Å². The van der Waals surface area contributed by atoms with Gasteiger partial charge in [0.15, 0.2) is 0 Å². The predicted octanol–water partition coefficient (Wildman–Crippen LogP) is 2.12. The summed E-state index contributed by atoms with van der Waals surface area (Å²) in [5.74, 6) is -0.842. The van der Waals surface area contributed by atoms with Crippen LogP contribution in [-0.4, -0.2) is 17.6 Å². The van der Waals surface area contributed by atoms with Gasteiger partial charge in [0, 0.05) is 11.4 Å². The molecule has 1 heterocycles. The fourth-order valence-electron chi connectivity index (χ4n) is 1.17. The first-order chi connectivity index (χ1) is 7.06. The Morgan fingerprint density at radius 1 is 1.60 bits per heavy atom. The first kappa shape index (κ1) is 11.5. The minimum absolute atomic E-state index is 0.0564. The van der Waals surface area contributed by atoms with E-state index in [1.807, 2.05) is 13.8 Å². The van der Waals surface area contributed by atoms with E-state index >= 15 is 0 Å². The number of thiophene rings is 1. The van der Waals surface area contributed by atoms with Gasteiger partial charge in [-0.05, 0) is 19.4 Å². The normalized spacial score (nSPS) is 9.67. The summed E-state index contributed by atoms with van der Waals surface area (Å²) < 4.78 is 0. The Bertz CT molecular complexity index is 418. The molecule has 0 amide bonds. The molecule has 2 N–H and O–H groups in total. The van der Waals surface area contributed by atoms with E-state index in [0.717, 1.165) is 15.4 Å². The van der Waals surface area contributed by atoms with Gasteiger partial charge in [0.05, 0.1) is 12.0 Å². The molecule has 0 atom stereocenters. The molecule has 0 saturated carbocycles. The fourth-order valence-corrected chi connectivity index (χ4v) is 2.21. The lowest BCUT2D eigenvalue weighted by atomic mass is 10.2. The third kappa shape index (κ3) is 2.70. The van der Waals surface area contributed by atoms with E-state index < -0.39 is 5.97 Å². The van der Waals surface area contributed by atoms with E-state index in [4.69, 9.17) is 10.4 Å². The summed E-state index contributed by atoms with van der Waals surface area (Å²) in [6.07, 6.45) is 0.0564. The number of aliphatic carboxylic acids is 1. The molecular weight excluding hydrogens is 212 g/mol. The Morgan fingerprint density at radius 3 is 2.80 bits per heavy atom. The minimum Gasteiger partial charge on any atom is -0.481 e. The number of rotatable bonds is 4. The largest absolute Gasteiger partial charge is 0.481 e. The van der Waals surface area contributed by atoms with E-state index in [0.29, 0.717) is 12.1 Å². The van der Waals surface area contributed by atoms with E-state index in [9.17, 15) is 4.79 Å². The molecule has 0 unspecified atom stereocenters. The third-order valence-electron chi connectivity index (χ3n) is 2.12. The van der Waals surface area contributed by atoms with Crippen LogP contribution < -0.4 is 5.32 Å². The number of carboxylic acid groups (broad SMARTS) is 1. The highest BCUT2D eigenvalue weighted by molar-refractivity contribution is 7.16. The second-order valence-electron chi connectivity index (χ2n) is 3.17. The summed E-state index contributed by atoms with van der Waals surface area (Å²) in [5, 5.41) is 21.1. The zero-order valence-electron chi connectivity index (χ0n) is 8.63. The Kier molecular flexibility index (Phi) is 3.69. The van der Waals surface area contributed by atoms with Crippen molar-refractivity contribution >= 4 is 22.3 Å². The monoisotopic (exact) mass is 224 g/mol. The van der Waals surface area contributed by atoms with E-state index in [2.05, 4.69) is 11.4 Å². The maximum Gasteiger partial charge on any atom is 0.305 e. The molecule has 0 aliphatic heterocycles. The van der Waals surface area contributed by atoms with Crippen molar-refractivity contribution in [3.8, 4) is 6.07 Å². The van der Waals surface area contributed by atoms with Gasteiger partial charge in [0.2, 0.25) is 0 Å². The number of hydrogen-bond acceptors (Lipinski definition) is 4. The second-order valence-corrected chi connectivity index (χ2v) is 4.39. The number of anilines is 1. The van der Waals surface area contributed by atoms with E-state index in [1.54, 1.807) is 0 Å². The lowest BCUT2D eigenvalue weighted by Gasteiger charge is -2.01. The highest BCUT2D eigenvalue weighted by atomic mass is 32.1. The Balaban J connectivity index is 2.74. The van der Waals surface area contributed by atoms with Gasteiger partial charge < -0.3 is 10.4 Å². The average Bonchev–Trinajstić information content (AvgIpc) is 2.42. The first-order valence-corrected chi connectivity index (χ1v) is 5.33. The number of nitrogens with zero attached hydrogens (tertiary/aromatic N) is 1. The molecular formula is C10H12N2O2S. The Morgan fingerprint density at radius 2 is 2.27 bits per heavy atom. The molecule has 4 nitrogen and oxygen atoms in total. The Hall–Kier alpha value is -1.54. The van der Waals surface area contributed by atoms with Crippen LogP contribution in [-0.2, 0) is 4.79 Å². The summed E-state index contributed by atoms with van der Waals surface area (Å²) >= 11 is 1.49. The number of aryl methyl sites for hydroxylation is 1. The summed E-state index contributed by atoms with van der Waals surface area (Å²) in [4.78, 5) is 11.4. The fraction of sp³-hybridized carbons (Fsp3) is 0.400. The molecule has 0 fully saturated rings. The van der Waals surface area contributed by atoms with Crippen LogP contribution >= 0.6 is 11.3 Å². The zero-order valence-corrected chi connectivity index (χ0v) is 9.44. The molecule has 1 aromatic rings. The van der Waals surface area contributed by atoms with Crippen LogP contribution in [0.1, 0.15) is 22.4 Å². The molecule has 0 saturated heterocycles. The molecule has 0 bridgehead atoms. The number of carboxylic acids is 1. The SMILES string of the molecule is Cc1sc(NCCC(=O)O)c(C#N)c1C. The topological polar surface area (TPSA) is 73.1 Å². The van der Waals surface area contributed by atoms with E-state index in [1.165, 1.54) is 11.3 Å². The molecule has 80 valence electrons. The smallest absolute Gasteiger partial charge is 0.305 e. The van der Waals surface area contributed by atoms with Crippen molar-refractivity contribution in [1.29, 1.82) is 5.26 Å². The van der Waals surface area contributed by atoms with E-state index in [-0.39, 0.29) is 6.42 Å². The average molecular weight is 224 g/mol. The van der Waals surface area contributed by atoms with Gasteiger partial charge in [0.25, 0.3) is 0 Å².